The Balaban J connectivity index is 1.90. The second-order valence-corrected chi connectivity index (χ2v) is 6.04. The smallest absolute Gasteiger partial charge is 0.332 e. The molecule has 0 saturated heterocycles. The van der Waals surface area contributed by atoms with Gasteiger partial charge in [-0.25, -0.2) is 4.79 Å². The SMILES string of the molecule is Cn1c(=O)c2c(nc3n2CCCN3Cc2ccccn2)n(C)c1=O. The Morgan fingerprint density at radius 2 is 1.96 bits per heavy atom. The molecule has 3 aromatic heterocycles. The zero-order valence-electron chi connectivity index (χ0n) is 13.6. The third-order valence-electron chi connectivity index (χ3n) is 4.50. The molecule has 0 atom stereocenters. The molecule has 0 saturated carbocycles. The number of pyridine rings is 1. The lowest BCUT2D eigenvalue weighted by molar-refractivity contribution is 0.559. The standard InChI is InChI=1S/C16H18N6O2/c1-19-13-12(14(23)20(2)16(19)24)22-9-5-8-21(15(22)18-13)10-11-6-3-4-7-17-11/h3-4,6-7H,5,8-10H2,1-2H3. The van der Waals surface area contributed by atoms with Crippen LogP contribution in [0.5, 0.6) is 0 Å². The maximum atomic E-state index is 12.6. The van der Waals surface area contributed by atoms with E-state index in [0.29, 0.717) is 17.7 Å². The third-order valence-corrected chi connectivity index (χ3v) is 4.50. The minimum atomic E-state index is -0.362. The first-order valence-electron chi connectivity index (χ1n) is 7.89. The summed E-state index contributed by atoms with van der Waals surface area (Å²) >= 11 is 0. The highest BCUT2D eigenvalue weighted by Crippen LogP contribution is 2.25. The van der Waals surface area contributed by atoms with Gasteiger partial charge in [0.1, 0.15) is 0 Å². The number of hydrogen-bond acceptors (Lipinski definition) is 5. The minimum Gasteiger partial charge on any atom is -0.336 e. The van der Waals surface area contributed by atoms with Crippen LogP contribution in [0.2, 0.25) is 0 Å². The normalized spacial score (nSPS) is 14.2. The molecule has 8 heteroatoms. The van der Waals surface area contributed by atoms with E-state index in [0.717, 1.165) is 35.7 Å². The lowest BCUT2D eigenvalue weighted by atomic mass is 10.3. The zero-order chi connectivity index (χ0) is 16.8. The van der Waals surface area contributed by atoms with E-state index >= 15 is 0 Å². The Hall–Kier alpha value is -2.90. The molecule has 3 aromatic rings. The molecular weight excluding hydrogens is 308 g/mol. The first kappa shape index (κ1) is 14.7. The monoisotopic (exact) mass is 326 g/mol. The van der Waals surface area contributed by atoms with E-state index < -0.39 is 0 Å². The van der Waals surface area contributed by atoms with Crippen LogP contribution >= 0.6 is 0 Å². The van der Waals surface area contributed by atoms with E-state index in [-0.39, 0.29) is 11.2 Å². The maximum absolute atomic E-state index is 12.6. The van der Waals surface area contributed by atoms with E-state index in [1.807, 2.05) is 22.8 Å². The quantitative estimate of drug-likeness (QED) is 0.674. The lowest BCUT2D eigenvalue weighted by Crippen LogP contribution is -2.38. The summed E-state index contributed by atoms with van der Waals surface area (Å²) in [6.45, 7) is 2.19. The van der Waals surface area contributed by atoms with Crippen molar-refractivity contribution < 1.29 is 0 Å². The van der Waals surface area contributed by atoms with Gasteiger partial charge in [0.15, 0.2) is 11.2 Å². The van der Waals surface area contributed by atoms with Gasteiger partial charge in [-0.2, -0.15) is 4.98 Å². The molecule has 0 aliphatic carbocycles. The summed E-state index contributed by atoms with van der Waals surface area (Å²) in [5.74, 6) is 0.722. The molecule has 1 aliphatic rings. The molecule has 8 nitrogen and oxygen atoms in total. The van der Waals surface area contributed by atoms with E-state index in [1.165, 1.54) is 11.6 Å². The number of imidazole rings is 1. The van der Waals surface area contributed by atoms with E-state index in [4.69, 9.17) is 0 Å². The van der Waals surface area contributed by atoms with Gasteiger partial charge in [0.25, 0.3) is 5.56 Å². The van der Waals surface area contributed by atoms with Gasteiger partial charge in [-0.1, -0.05) is 6.07 Å². The predicted molar refractivity (Wildman–Crippen MR) is 90.1 cm³/mol. The molecule has 0 radical (unpaired) electrons. The summed E-state index contributed by atoms with van der Waals surface area (Å²) in [7, 11) is 3.14. The number of hydrogen-bond donors (Lipinski definition) is 0. The van der Waals surface area contributed by atoms with Crippen LogP contribution in [0.25, 0.3) is 11.2 Å². The summed E-state index contributed by atoms with van der Waals surface area (Å²) in [4.78, 5) is 35.8. The van der Waals surface area contributed by atoms with Gasteiger partial charge in [0.2, 0.25) is 5.95 Å². The lowest BCUT2D eigenvalue weighted by Gasteiger charge is -2.28. The van der Waals surface area contributed by atoms with Crippen molar-refractivity contribution in [1.29, 1.82) is 0 Å². The van der Waals surface area contributed by atoms with Crippen molar-refractivity contribution >= 4 is 17.1 Å². The fraction of sp³-hybridized carbons (Fsp3) is 0.375. The molecule has 0 aromatic carbocycles. The Morgan fingerprint density at radius 1 is 1.12 bits per heavy atom. The molecule has 0 spiro atoms. The summed E-state index contributed by atoms with van der Waals surface area (Å²) in [5.41, 5.74) is 1.21. The molecule has 24 heavy (non-hydrogen) atoms. The molecular formula is C16H18N6O2. The van der Waals surface area contributed by atoms with Crippen LogP contribution in [0, 0.1) is 0 Å². The van der Waals surface area contributed by atoms with Gasteiger partial charge < -0.3 is 9.47 Å². The first-order valence-corrected chi connectivity index (χ1v) is 7.89. The van der Waals surface area contributed by atoms with Crippen LogP contribution < -0.4 is 16.1 Å². The van der Waals surface area contributed by atoms with E-state index in [9.17, 15) is 9.59 Å². The van der Waals surface area contributed by atoms with Crippen LogP contribution in [-0.4, -0.2) is 30.2 Å². The Labute approximate surface area is 137 Å². The molecule has 1 aliphatic heterocycles. The number of nitrogens with zero attached hydrogens (tertiary/aromatic N) is 6. The fourth-order valence-electron chi connectivity index (χ4n) is 3.24. The fourth-order valence-corrected chi connectivity index (χ4v) is 3.24. The molecule has 0 N–H and O–H groups in total. The average Bonchev–Trinajstić information content (AvgIpc) is 3.00. The van der Waals surface area contributed by atoms with Crippen molar-refractivity contribution in [2.45, 2.75) is 19.5 Å². The van der Waals surface area contributed by atoms with Crippen LogP contribution in [0.3, 0.4) is 0 Å². The number of aryl methyl sites for hydroxylation is 2. The molecule has 0 fully saturated rings. The number of fused-ring (bicyclic) bond motifs is 3. The molecule has 0 bridgehead atoms. The molecule has 124 valence electrons. The van der Waals surface area contributed by atoms with Crippen LogP contribution in [0.1, 0.15) is 12.1 Å². The highest BCUT2D eigenvalue weighted by molar-refractivity contribution is 5.74. The highest BCUT2D eigenvalue weighted by Gasteiger charge is 2.25. The minimum absolute atomic E-state index is 0.300. The predicted octanol–water partition coefficient (Wildman–Crippen LogP) is 0.239. The molecule has 4 rings (SSSR count). The van der Waals surface area contributed by atoms with E-state index in [1.54, 1.807) is 13.2 Å². The zero-order valence-corrected chi connectivity index (χ0v) is 13.6. The topological polar surface area (TPSA) is 78.0 Å². The van der Waals surface area contributed by atoms with Crippen molar-refractivity contribution in [3.05, 3.63) is 50.9 Å². The second kappa shape index (κ2) is 5.33. The molecule has 0 amide bonds. The van der Waals surface area contributed by atoms with Gasteiger partial charge >= 0.3 is 5.69 Å². The first-order chi connectivity index (χ1) is 11.6. The molecule has 4 heterocycles. The maximum Gasteiger partial charge on any atom is 0.332 e. The van der Waals surface area contributed by atoms with Crippen molar-refractivity contribution in [3.63, 3.8) is 0 Å². The Kier molecular flexibility index (Phi) is 3.26. The summed E-state index contributed by atoms with van der Waals surface area (Å²) in [6, 6.07) is 5.81. The van der Waals surface area contributed by atoms with Crippen LogP contribution in [0.4, 0.5) is 5.95 Å². The number of aromatic nitrogens is 5. The highest BCUT2D eigenvalue weighted by atomic mass is 16.2. The summed E-state index contributed by atoms with van der Waals surface area (Å²) in [5, 5.41) is 0. The van der Waals surface area contributed by atoms with Gasteiger partial charge in [-0.05, 0) is 18.6 Å². The Bertz CT molecular complexity index is 1030. The van der Waals surface area contributed by atoms with Gasteiger partial charge in [0.05, 0.1) is 12.2 Å². The van der Waals surface area contributed by atoms with Crippen molar-refractivity contribution in [2.75, 3.05) is 11.4 Å². The largest absolute Gasteiger partial charge is 0.336 e. The Morgan fingerprint density at radius 3 is 2.71 bits per heavy atom. The van der Waals surface area contributed by atoms with Crippen LogP contribution in [-0.2, 0) is 27.2 Å². The average molecular weight is 326 g/mol. The van der Waals surface area contributed by atoms with Crippen molar-refractivity contribution in [1.82, 2.24) is 23.7 Å². The van der Waals surface area contributed by atoms with Crippen molar-refractivity contribution in [3.8, 4) is 0 Å². The number of rotatable bonds is 2. The number of anilines is 1. The van der Waals surface area contributed by atoms with E-state index in [2.05, 4.69) is 14.9 Å². The van der Waals surface area contributed by atoms with Gasteiger partial charge in [-0.3, -0.25) is 18.9 Å². The summed E-state index contributed by atoms with van der Waals surface area (Å²) < 4.78 is 4.49. The second-order valence-electron chi connectivity index (χ2n) is 6.04. The van der Waals surface area contributed by atoms with Gasteiger partial charge in [-0.15, -0.1) is 0 Å². The molecule has 0 unspecified atom stereocenters. The van der Waals surface area contributed by atoms with Crippen LogP contribution in [0.15, 0.2) is 34.0 Å². The van der Waals surface area contributed by atoms with Gasteiger partial charge in [0, 0.05) is 33.4 Å². The van der Waals surface area contributed by atoms with Crippen molar-refractivity contribution in [2.24, 2.45) is 14.1 Å². The summed E-state index contributed by atoms with van der Waals surface area (Å²) in [6.07, 6.45) is 2.68. The third kappa shape index (κ3) is 2.06.